The largest absolute Gasteiger partial charge is 0.344 e. The lowest BCUT2D eigenvalue weighted by molar-refractivity contribution is 0.340. The lowest BCUT2D eigenvalue weighted by Crippen LogP contribution is -2.14. The lowest BCUT2D eigenvalue weighted by Gasteiger charge is -2.17. The van der Waals surface area contributed by atoms with Crippen LogP contribution in [0.3, 0.4) is 0 Å². The smallest absolute Gasteiger partial charge is 0.201 e. The van der Waals surface area contributed by atoms with Crippen molar-refractivity contribution in [3.05, 3.63) is 0 Å². The van der Waals surface area contributed by atoms with Gasteiger partial charge >= 0.3 is 0 Å². The van der Waals surface area contributed by atoms with Crippen LogP contribution in [0.15, 0.2) is 0 Å². The Hall–Kier alpha value is 0.190. The van der Waals surface area contributed by atoms with Gasteiger partial charge in [0.1, 0.15) is 0 Å². The van der Waals surface area contributed by atoms with Crippen molar-refractivity contribution in [1.29, 1.82) is 0 Å². The minimum Gasteiger partial charge on any atom is -0.344 e. The van der Waals surface area contributed by atoms with Crippen LogP contribution in [0.25, 0.3) is 0 Å². The molecule has 0 aromatic carbocycles. The normalized spacial score (nSPS) is 45.2. The molecule has 0 aromatic heterocycles. The van der Waals surface area contributed by atoms with Gasteiger partial charge in [-0.15, -0.1) is 0 Å². The van der Waals surface area contributed by atoms with E-state index in [9.17, 15) is 9.46 Å². The first-order chi connectivity index (χ1) is 4.92. The molecule has 1 aliphatic heterocycles. The molecule has 3 atom stereocenters. The summed E-state index contributed by atoms with van der Waals surface area (Å²) in [5.74, 6) is 1.45. The molecular formula is C8H17O2P. The van der Waals surface area contributed by atoms with Crippen molar-refractivity contribution in [1.82, 2.24) is 0 Å². The van der Waals surface area contributed by atoms with E-state index in [1.165, 1.54) is 0 Å². The SMILES string of the molecule is CC(C)[C@@H]1CP(=O)(O)CC1C. The van der Waals surface area contributed by atoms with Gasteiger partial charge in [-0.1, -0.05) is 20.8 Å². The van der Waals surface area contributed by atoms with Gasteiger partial charge in [-0.2, -0.15) is 0 Å². The van der Waals surface area contributed by atoms with Crippen LogP contribution in [-0.2, 0) is 4.57 Å². The molecule has 0 spiro atoms. The molecule has 0 aromatic rings. The van der Waals surface area contributed by atoms with Gasteiger partial charge in [0, 0.05) is 12.3 Å². The first-order valence-corrected chi connectivity index (χ1v) is 6.26. The molecule has 1 saturated heterocycles. The van der Waals surface area contributed by atoms with Gasteiger partial charge in [0.15, 0.2) is 0 Å². The topological polar surface area (TPSA) is 37.3 Å². The fourth-order valence-electron chi connectivity index (χ4n) is 2.04. The van der Waals surface area contributed by atoms with Gasteiger partial charge in [-0.05, 0) is 17.8 Å². The van der Waals surface area contributed by atoms with E-state index in [1.54, 1.807) is 0 Å². The van der Waals surface area contributed by atoms with Crippen molar-refractivity contribution < 1.29 is 9.46 Å². The van der Waals surface area contributed by atoms with Crippen molar-refractivity contribution in [3.63, 3.8) is 0 Å². The maximum Gasteiger partial charge on any atom is 0.201 e. The molecule has 0 saturated carbocycles. The monoisotopic (exact) mass is 176 g/mol. The van der Waals surface area contributed by atoms with Crippen LogP contribution in [0.2, 0.25) is 0 Å². The molecule has 2 unspecified atom stereocenters. The average molecular weight is 176 g/mol. The highest BCUT2D eigenvalue weighted by molar-refractivity contribution is 7.58. The standard InChI is InChI=1S/C8H17O2P/c1-6(2)8-5-11(9,10)4-7(8)3/h6-8H,4-5H2,1-3H3,(H,9,10)/t7?,8-/m0/s1. The summed E-state index contributed by atoms with van der Waals surface area (Å²) in [6, 6.07) is 0. The first-order valence-electron chi connectivity index (χ1n) is 4.23. The number of hydrogen-bond acceptors (Lipinski definition) is 1. The van der Waals surface area contributed by atoms with Gasteiger partial charge in [0.2, 0.25) is 7.37 Å². The fourth-order valence-corrected chi connectivity index (χ4v) is 4.80. The second-order valence-electron chi connectivity index (χ2n) is 4.10. The molecule has 0 radical (unpaired) electrons. The number of rotatable bonds is 1. The zero-order valence-electron chi connectivity index (χ0n) is 7.45. The quantitative estimate of drug-likeness (QED) is 0.622. The van der Waals surface area contributed by atoms with Gasteiger partial charge in [-0.25, -0.2) is 0 Å². The van der Waals surface area contributed by atoms with E-state index in [0.29, 0.717) is 30.1 Å². The second-order valence-corrected chi connectivity index (χ2v) is 6.52. The average Bonchev–Trinajstić information content (AvgIpc) is 2.05. The molecule has 66 valence electrons. The molecule has 1 N–H and O–H groups in total. The molecule has 1 rings (SSSR count). The highest BCUT2D eigenvalue weighted by Crippen LogP contribution is 2.54. The Bertz CT molecular complexity index is 189. The van der Waals surface area contributed by atoms with E-state index in [1.807, 2.05) is 0 Å². The molecule has 3 heteroatoms. The third-order valence-electron chi connectivity index (χ3n) is 2.66. The van der Waals surface area contributed by atoms with Crippen LogP contribution in [-0.4, -0.2) is 17.2 Å². The van der Waals surface area contributed by atoms with E-state index in [2.05, 4.69) is 20.8 Å². The summed E-state index contributed by atoms with van der Waals surface area (Å²) in [7, 11) is -2.71. The van der Waals surface area contributed by atoms with Gasteiger partial charge in [0.25, 0.3) is 0 Å². The third kappa shape index (κ3) is 2.07. The maximum absolute atomic E-state index is 11.3. The van der Waals surface area contributed by atoms with Crippen LogP contribution in [0.5, 0.6) is 0 Å². The van der Waals surface area contributed by atoms with Crippen molar-refractivity contribution in [2.24, 2.45) is 17.8 Å². The lowest BCUT2D eigenvalue weighted by atomic mass is 9.88. The zero-order valence-corrected chi connectivity index (χ0v) is 8.34. The van der Waals surface area contributed by atoms with Crippen molar-refractivity contribution in [3.8, 4) is 0 Å². The molecular weight excluding hydrogens is 159 g/mol. The Morgan fingerprint density at radius 3 is 2.18 bits per heavy atom. The van der Waals surface area contributed by atoms with Gasteiger partial charge < -0.3 is 4.89 Å². The molecule has 1 heterocycles. The summed E-state index contributed by atoms with van der Waals surface area (Å²) in [6.07, 6.45) is 1.08. The van der Waals surface area contributed by atoms with Gasteiger partial charge in [0.05, 0.1) is 0 Å². The zero-order chi connectivity index (χ0) is 8.65. The molecule has 2 nitrogen and oxygen atoms in total. The third-order valence-corrected chi connectivity index (χ3v) is 4.80. The minimum atomic E-state index is -2.71. The van der Waals surface area contributed by atoms with Crippen LogP contribution in [0, 0.1) is 17.8 Å². The van der Waals surface area contributed by atoms with E-state index in [-0.39, 0.29) is 0 Å². The second kappa shape index (κ2) is 2.91. The van der Waals surface area contributed by atoms with E-state index in [4.69, 9.17) is 0 Å². The summed E-state index contributed by atoms with van der Waals surface area (Å²) < 4.78 is 11.3. The predicted octanol–water partition coefficient (Wildman–Crippen LogP) is 2.18. The maximum atomic E-state index is 11.3. The van der Waals surface area contributed by atoms with Crippen LogP contribution >= 0.6 is 7.37 Å². The van der Waals surface area contributed by atoms with Crippen LogP contribution in [0.1, 0.15) is 20.8 Å². The fraction of sp³-hybridized carbons (Fsp3) is 1.00. The summed E-state index contributed by atoms with van der Waals surface area (Å²) in [5.41, 5.74) is 0. The molecule has 11 heavy (non-hydrogen) atoms. The first kappa shape index (κ1) is 9.28. The summed E-state index contributed by atoms with van der Waals surface area (Å²) in [6.45, 7) is 6.35. The van der Waals surface area contributed by atoms with Crippen molar-refractivity contribution in [2.45, 2.75) is 20.8 Å². The van der Waals surface area contributed by atoms with Crippen LogP contribution in [0.4, 0.5) is 0 Å². The molecule has 1 aliphatic rings. The molecule has 0 bridgehead atoms. The van der Waals surface area contributed by atoms with Gasteiger partial charge in [-0.3, -0.25) is 4.57 Å². The van der Waals surface area contributed by atoms with E-state index < -0.39 is 7.37 Å². The Kier molecular flexibility index (Phi) is 2.46. The summed E-state index contributed by atoms with van der Waals surface area (Å²) >= 11 is 0. The van der Waals surface area contributed by atoms with E-state index in [0.717, 1.165) is 0 Å². The molecule has 1 fully saturated rings. The Labute approximate surface area is 68.5 Å². The highest BCUT2D eigenvalue weighted by Gasteiger charge is 2.39. The Morgan fingerprint density at radius 1 is 1.45 bits per heavy atom. The van der Waals surface area contributed by atoms with Crippen molar-refractivity contribution in [2.75, 3.05) is 12.3 Å². The number of hydrogen-bond donors (Lipinski definition) is 1. The highest BCUT2D eigenvalue weighted by atomic mass is 31.2. The Morgan fingerprint density at radius 2 is 2.00 bits per heavy atom. The van der Waals surface area contributed by atoms with Crippen LogP contribution < -0.4 is 0 Å². The summed E-state index contributed by atoms with van der Waals surface area (Å²) in [4.78, 5) is 9.34. The van der Waals surface area contributed by atoms with E-state index >= 15 is 0 Å². The predicted molar refractivity (Wildman–Crippen MR) is 47.1 cm³/mol. The summed E-state index contributed by atoms with van der Waals surface area (Å²) in [5, 5.41) is 0. The minimum absolute atomic E-state index is 0.436. The molecule has 0 amide bonds. The Balaban J connectivity index is 2.67. The van der Waals surface area contributed by atoms with Crippen molar-refractivity contribution >= 4 is 7.37 Å². The molecule has 0 aliphatic carbocycles.